The maximum absolute atomic E-state index is 10.4. The number of nitrogens with zero attached hydrogens (tertiary/aromatic N) is 5. The molecule has 2 aromatic heterocycles. The van der Waals surface area contributed by atoms with Crippen LogP contribution in [0.4, 0.5) is 0 Å². The van der Waals surface area contributed by atoms with Gasteiger partial charge in [0.05, 0.1) is 0 Å². The van der Waals surface area contributed by atoms with E-state index in [9.17, 15) is 5.11 Å². The molecule has 1 unspecified atom stereocenters. The van der Waals surface area contributed by atoms with Gasteiger partial charge < -0.3 is 5.11 Å². The van der Waals surface area contributed by atoms with Crippen molar-refractivity contribution >= 4 is 34.2 Å². The van der Waals surface area contributed by atoms with Gasteiger partial charge in [0.1, 0.15) is 15.5 Å². The van der Waals surface area contributed by atoms with Crippen molar-refractivity contribution in [2.24, 2.45) is 13.0 Å². The first kappa shape index (κ1) is 13.3. The van der Waals surface area contributed by atoms with Gasteiger partial charge in [-0.2, -0.15) is 15.0 Å². The highest BCUT2D eigenvalue weighted by Crippen LogP contribution is 2.32. The van der Waals surface area contributed by atoms with E-state index in [0.29, 0.717) is 26.0 Å². The average molecular weight is 394 g/mol. The normalized spacial score (nSPS) is 16.8. The largest absolute Gasteiger partial charge is 0.382 e. The Bertz CT molecular complexity index is 606. The maximum atomic E-state index is 10.4. The van der Waals surface area contributed by atoms with Crippen LogP contribution in [-0.2, 0) is 13.6 Å². The van der Waals surface area contributed by atoms with Crippen molar-refractivity contribution in [3.05, 3.63) is 26.3 Å². The van der Waals surface area contributed by atoms with Crippen LogP contribution < -0.4 is 0 Å². The van der Waals surface area contributed by atoms with E-state index in [-0.39, 0.29) is 0 Å². The second-order valence-corrected chi connectivity index (χ2v) is 6.19. The summed E-state index contributed by atoms with van der Waals surface area (Å²) < 4.78 is 2.47. The van der Waals surface area contributed by atoms with Gasteiger partial charge in [-0.25, -0.2) is 0 Å². The molecule has 6 nitrogen and oxygen atoms in total. The zero-order chi connectivity index (χ0) is 13.6. The predicted molar refractivity (Wildman–Crippen MR) is 77.7 cm³/mol. The van der Waals surface area contributed by atoms with Crippen LogP contribution in [-0.4, -0.2) is 29.9 Å². The van der Waals surface area contributed by atoms with E-state index in [1.54, 1.807) is 13.2 Å². The highest BCUT2D eigenvalue weighted by molar-refractivity contribution is 14.1. The van der Waals surface area contributed by atoms with Gasteiger partial charge in [-0.3, -0.25) is 4.68 Å². The first-order chi connectivity index (χ1) is 9.04. The molecule has 0 amide bonds. The molecule has 2 heterocycles. The van der Waals surface area contributed by atoms with E-state index in [1.165, 1.54) is 17.6 Å². The quantitative estimate of drug-likeness (QED) is 0.804. The van der Waals surface area contributed by atoms with Crippen molar-refractivity contribution in [3.8, 4) is 0 Å². The average Bonchev–Trinajstić information content (AvgIpc) is 2.98. The fraction of sp³-hybridized carbons (Fsp3) is 0.545. The molecule has 0 saturated heterocycles. The van der Waals surface area contributed by atoms with Crippen molar-refractivity contribution in [1.29, 1.82) is 0 Å². The number of aromatic nitrogens is 5. The summed E-state index contributed by atoms with van der Waals surface area (Å²) in [4.78, 5) is 1.43. The number of aliphatic hydroxyl groups is 1. The Morgan fingerprint density at radius 3 is 2.79 bits per heavy atom. The summed E-state index contributed by atoms with van der Waals surface area (Å²) in [5.74, 6) is 0.706. The van der Waals surface area contributed by atoms with Gasteiger partial charge in [-0.15, -0.1) is 5.10 Å². The highest BCUT2D eigenvalue weighted by atomic mass is 127. The fourth-order valence-electron chi connectivity index (χ4n) is 1.97. The molecule has 0 bridgehead atoms. The molecule has 19 heavy (non-hydrogen) atoms. The third kappa shape index (κ3) is 2.77. The van der Waals surface area contributed by atoms with E-state index in [1.807, 2.05) is 27.3 Å². The Balaban J connectivity index is 1.87. The molecular formula is C11H13ClIN5O. The van der Waals surface area contributed by atoms with Crippen molar-refractivity contribution in [2.45, 2.75) is 25.5 Å². The molecule has 1 aliphatic rings. The first-order valence-corrected chi connectivity index (χ1v) is 7.48. The molecule has 1 saturated carbocycles. The topological polar surface area (TPSA) is 68.8 Å². The van der Waals surface area contributed by atoms with Crippen LogP contribution in [0.25, 0.3) is 0 Å². The van der Waals surface area contributed by atoms with Gasteiger partial charge in [0.2, 0.25) is 0 Å². The van der Waals surface area contributed by atoms with Crippen molar-refractivity contribution in [2.75, 3.05) is 0 Å². The number of rotatable bonds is 4. The first-order valence-electron chi connectivity index (χ1n) is 6.02. The van der Waals surface area contributed by atoms with Gasteiger partial charge in [0.15, 0.2) is 5.15 Å². The van der Waals surface area contributed by atoms with Crippen molar-refractivity contribution in [1.82, 2.24) is 24.8 Å². The summed E-state index contributed by atoms with van der Waals surface area (Å²) in [5.41, 5.74) is 1.09. The zero-order valence-corrected chi connectivity index (χ0v) is 13.2. The zero-order valence-electron chi connectivity index (χ0n) is 10.3. The molecule has 1 atom stereocenters. The van der Waals surface area contributed by atoms with Crippen LogP contribution in [0, 0.1) is 9.62 Å². The number of hydrogen-bond donors (Lipinski definition) is 1. The van der Waals surface area contributed by atoms with E-state index >= 15 is 0 Å². The maximum Gasteiger partial charge on any atom is 0.157 e. The van der Waals surface area contributed by atoms with Gasteiger partial charge in [0.25, 0.3) is 0 Å². The molecule has 102 valence electrons. The standard InChI is InChI=1S/C11H13ClIN5O/c1-17-14-8(11(13)16-17)9(19)7-5-18(15-10(7)12)4-6-2-3-6/h5-6,9,19H,2-4H2,1H3. The van der Waals surface area contributed by atoms with Crippen LogP contribution in [0.3, 0.4) is 0 Å². The number of aryl methyl sites for hydroxylation is 1. The van der Waals surface area contributed by atoms with E-state index < -0.39 is 6.10 Å². The van der Waals surface area contributed by atoms with Gasteiger partial charge >= 0.3 is 0 Å². The Morgan fingerprint density at radius 1 is 1.47 bits per heavy atom. The molecule has 8 heteroatoms. The summed E-state index contributed by atoms with van der Waals surface area (Å²) in [6.45, 7) is 0.865. The molecule has 0 radical (unpaired) electrons. The number of halogens is 2. The Kier molecular flexibility index (Phi) is 3.52. The molecule has 1 aliphatic carbocycles. The third-order valence-electron chi connectivity index (χ3n) is 3.13. The number of aliphatic hydroxyl groups excluding tert-OH is 1. The summed E-state index contributed by atoms with van der Waals surface area (Å²) in [5, 5.41) is 23.2. The molecule has 2 aromatic rings. The summed E-state index contributed by atoms with van der Waals surface area (Å²) in [6, 6.07) is 0. The summed E-state index contributed by atoms with van der Waals surface area (Å²) in [7, 11) is 1.72. The second-order valence-electron chi connectivity index (χ2n) is 4.81. The van der Waals surface area contributed by atoms with Crippen LogP contribution in [0.5, 0.6) is 0 Å². The van der Waals surface area contributed by atoms with Crippen molar-refractivity contribution < 1.29 is 5.11 Å². The van der Waals surface area contributed by atoms with Gasteiger partial charge in [-0.05, 0) is 41.4 Å². The summed E-state index contributed by atoms with van der Waals surface area (Å²) in [6.07, 6.45) is 3.41. The van der Waals surface area contributed by atoms with Crippen LogP contribution in [0.2, 0.25) is 5.15 Å². The predicted octanol–water partition coefficient (Wildman–Crippen LogP) is 1.76. The molecular weight excluding hydrogens is 381 g/mol. The number of hydrogen-bond acceptors (Lipinski definition) is 4. The molecule has 1 fully saturated rings. The second kappa shape index (κ2) is 5.02. The molecule has 0 aromatic carbocycles. The SMILES string of the molecule is Cn1nc(I)c(C(O)c2cn(CC3CC3)nc2Cl)n1. The lowest BCUT2D eigenvalue weighted by atomic mass is 10.1. The minimum atomic E-state index is -0.888. The summed E-state index contributed by atoms with van der Waals surface area (Å²) >= 11 is 8.15. The third-order valence-corrected chi connectivity index (χ3v) is 4.20. The molecule has 0 spiro atoms. The minimum Gasteiger partial charge on any atom is -0.382 e. The van der Waals surface area contributed by atoms with Crippen LogP contribution >= 0.6 is 34.2 Å². The monoisotopic (exact) mass is 393 g/mol. The lowest BCUT2D eigenvalue weighted by Gasteiger charge is -2.05. The molecule has 0 aliphatic heterocycles. The lowest BCUT2D eigenvalue weighted by molar-refractivity contribution is 0.213. The van der Waals surface area contributed by atoms with E-state index in [2.05, 4.69) is 15.3 Å². The van der Waals surface area contributed by atoms with Crippen LogP contribution in [0.1, 0.15) is 30.2 Å². The smallest absolute Gasteiger partial charge is 0.157 e. The lowest BCUT2D eigenvalue weighted by Crippen LogP contribution is -2.03. The Labute approximate surface area is 128 Å². The van der Waals surface area contributed by atoms with E-state index in [0.717, 1.165) is 6.54 Å². The highest BCUT2D eigenvalue weighted by Gasteiger charge is 2.26. The van der Waals surface area contributed by atoms with Crippen molar-refractivity contribution in [3.63, 3.8) is 0 Å². The fourth-order valence-corrected chi connectivity index (χ4v) is 2.93. The van der Waals surface area contributed by atoms with Gasteiger partial charge in [-0.1, -0.05) is 11.6 Å². The van der Waals surface area contributed by atoms with Gasteiger partial charge in [0, 0.05) is 25.4 Å². The Hall–Kier alpha value is -0.670. The molecule has 3 rings (SSSR count). The minimum absolute atomic E-state index is 0.328. The molecule has 1 N–H and O–H groups in total. The Morgan fingerprint density at radius 2 is 2.21 bits per heavy atom. The van der Waals surface area contributed by atoms with Crippen LogP contribution in [0.15, 0.2) is 6.20 Å². The van der Waals surface area contributed by atoms with E-state index in [4.69, 9.17) is 11.6 Å².